The van der Waals surface area contributed by atoms with E-state index in [1.165, 1.54) is 0 Å². The van der Waals surface area contributed by atoms with Crippen LogP contribution >= 0.6 is 15.9 Å². The number of halogens is 1. The normalized spacial score (nSPS) is 10.0. The van der Waals surface area contributed by atoms with E-state index in [1.54, 1.807) is 25.4 Å². The summed E-state index contributed by atoms with van der Waals surface area (Å²) in [5.74, 6) is 1.16. The van der Waals surface area contributed by atoms with Crippen molar-refractivity contribution in [3.05, 3.63) is 52.6 Å². The Labute approximate surface area is 119 Å². The number of carbonyl (C=O) groups is 1. The number of hydrogen-bond donors (Lipinski definition) is 1. The molecule has 0 atom stereocenters. The van der Waals surface area contributed by atoms with Gasteiger partial charge in [0, 0.05) is 10.7 Å². The molecule has 1 aromatic carbocycles. The molecule has 1 heterocycles. The van der Waals surface area contributed by atoms with Gasteiger partial charge in [-0.05, 0) is 29.8 Å². The number of hydrogen-bond acceptors (Lipinski definition) is 3. The Bertz CT molecular complexity index is 587. The van der Waals surface area contributed by atoms with E-state index in [2.05, 4.69) is 26.2 Å². The topological polar surface area (TPSA) is 51.2 Å². The second-order valence-corrected chi connectivity index (χ2v) is 4.85. The molecule has 0 aliphatic rings. The van der Waals surface area contributed by atoms with E-state index < -0.39 is 0 Å². The number of aromatic nitrogens is 1. The van der Waals surface area contributed by atoms with Gasteiger partial charge in [0.1, 0.15) is 11.6 Å². The maximum Gasteiger partial charge on any atom is 0.229 e. The van der Waals surface area contributed by atoms with Gasteiger partial charge >= 0.3 is 0 Å². The van der Waals surface area contributed by atoms with Gasteiger partial charge in [0.15, 0.2) is 0 Å². The molecule has 1 N–H and O–H groups in total. The molecule has 0 saturated heterocycles. The number of pyridine rings is 1. The molecule has 0 saturated carbocycles. The molecule has 98 valence electrons. The van der Waals surface area contributed by atoms with Crippen LogP contribution in [0.1, 0.15) is 5.56 Å². The number of nitrogens with zero attached hydrogens (tertiary/aromatic N) is 1. The Balaban J connectivity index is 2.01. The first-order valence-corrected chi connectivity index (χ1v) is 6.51. The minimum atomic E-state index is -0.112. The third-order valence-corrected chi connectivity index (χ3v) is 2.98. The van der Waals surface area contributed by atoms with E-state index in [1.807, 2.05) is 24.3 Å². The monoisotopic (exact) mass is 320 g/mol. The fourth-order valence-corrected chi connectivity index (χ4v) is 1.96. The van der Waals surface area contributed by atoms with E-state index in [0.717, 1.165) is 15.8 Å². The summed E-state index contributed by atoms with van der Waals surface area (Å²) in [5, 5.41) is 2.75. The van der Waals surface area contributed by atoms with Gasteiger partial charge in [-0.1, -0.05) is 28.1 Å². The van der Waals surface area contributed by atoms with Gasteiger partial charge in [-0.3, -0.25) is 4.79 Å². The van der Waals surface area contributed by atoms with Crippen molar-refractivity contribution in [2.75, 3.05) is 12.4 Å². The van der Waals surface area contributed by atoms with Crippen LogP contribution in [0.4, 0.5) is 5.82 Å². The van der Waals surface area contributed by atoms with Gasteiger partial charge < -0.3 is 10.1 Å². The smallest absolute Gasteiger partial charge is 0.229 e. The van der Waals surface area contributed by atoms with Gasteiger partial charge in [0.2, 0.25) is 5.91 Å². The highest BCUT2D eigenvalue weighted by atomic mass is 79.9. The van der Waals surface area contributed by atoms with Crippen LogP contribution in [0.25, 0.3) is 0 Å². The average molecular weight is 321 g/mol. The number of anilines is 1. The standard InChI is InChI=1S/C14H13BrN2O2/c1-19-12-4-2-3-10(7-12)8-14(18)17-13-9-11(15)5-6-16-13/h2-7,9H,8H2,1H3,(H,16,17,18). The summed E-state index contributed by atoms with van der Waals surface area (Å²) in [5.41, 5.74) is 0.895. The van der Waals surface area contributed by atoms with Crippen molar-refractivity contribution in [2.45, 2.75) is 6.42 Å². The zero-order chi connectivity index (χ0) is 13.7. The number of carbonyl (C=O) groups excluding carboxylic acids is 1. The number of rotatable bonds is 4. The number of methoxy groups -OCH3 is 1. The van der Waals surface area contributed by atoms with E-state index >= 15 is 0 Å². The van der Waals surface area contributed by atoms with Crippen LogP contribution < -0.4 is 10.1 Å². The minimum Gasteiger partial charge on any atom is -0.497 e. The summed E-state index contributed by atoms with van der Waals surface area (Å²) >= 11 is 3.33. The second-order valence-electron chi connectivity index (χ2n) is 3.94. The van der Waals surface area contributed by atoms with Crippen molar-refractivity contribution < 1.29 is 9.53 Å². The molecule has 0 aliphatic carbocycles. The summed E-state index contributed by atoms with van der Waals surface area (Å²) in [7, 11) is 1.60. The quantitative estimate of drug-likeness (QED) is 0.942. The number of amides is 1. The average Bonchev–Trinajstić information content (AvgIpc) is 2.38. The first-order chi connectivity index (χ1) is 9.17. The molecule has 0 fully saturated rings. The van der Waals surface area contributed by atoms with Gasteiger partial charge in [0.25, 0.3) is 0 Å². The first-order valence-electron chi connectivity index (χ1n) is 5.72. The molecule has 0 aliphatic heterocycles. The zero-order valence-electron chi connectivity index (χ0n) is 10.4. The molecule has 1 aromatic heterocycles. The van der Waals surface area contributed by atoms with Crippen LogP contribution in [0.2, 0.25) is 0 Å². The lowest BCUT2D eigenvalue weighted by molar-refractivity contribution is -0.115. The fraction of sp³-hybridized carbons (Fsp3) is 0.143. The molecule has 0 radical (unpaired) electrons. The van der Waals surface area contributed by atoms with Crippen molar-refractivity contribution in [1.29, 1.82) is 0 Å². The van der Waals surface area contributed by atoms with Crippen molar-refractivity contribution >= 4 is 27.7 Å². The maximum atomic E-state index is 11.9. The maximum absolute atomic E-state index is 11.9. The molecule has 1 amide bonds. The zero-order valence-corrected chi connectivity index (χ0v) is 12.0. The van der Waals surface area contributed by atoms with Crippen molar-refractivity contribution in [3.63, 3.8) is 0 Å². The Hall–Kier alpha value is -1.88. The van der Waals surface area contributed by atoms with Crippen LogP contribution in [0.5, 0.6) is 5.75 Å². The molecular formula is C14H13BrN2O2. The molecule has 5 heteroatoms. The number of nitrogens with one attached hydrogen (secondary N) is 1. The highest BCUT2D eigenvalue weighted by Gasteiger charge is 2.06. The summed E-state index contributed by atoms with van der Waals surface area (Å²) in [6.07, 6.45) is 1.91. The van der Waals surface area contributed by atoms with Gasteiger partial charge in [-0.25, -0.2) is 4.98 Å². The first kappa shape index (κ1) is 13.5. The highest BCUT2D eigenvalue weighted by Crippen LogP contribution is 2.15. The van der Waals surface area contributed by atoms with Crippen LogP contribution in [0, 0.1) is 0 Å². The van der Waals surface area contributed by atoms with Crippen LogP contribution in [0.15, 0.2) is 47.1 Å². The number of benzene rings is 1. The van der Waals surface area contributed by atoms with Crippen molar-refractivity contribution in [1.82, 2.24) is 4.98 Å². The molecule has 19 heavy (non-hydrogen) atoms. The van der Waals surface area contributed by atoms with E-state index in [-0.39, 0.29) is 12.3 Å². The van der Waals surface area contributed by atoms with Gasteiger partial charge in [0.05, 0.1) is 13.5 Å². The minimum absolute atomic E-state index is 0.112. The lowest BCUT2D eigenvalue weighted by Crippen LogP contribution is -2.15. The third kappa shape index (κ3) is 4.06. The predicted molar refractivity (Wildman–Crippen MR) is 77.3 cm³/mol. The second kappa shape index (κ2) is 6.33. The van der Waals surface area contributed by atoms with Gasteiger partial charge in [-0.15, -0.1) is 0 Å². The summed E-state index contributed by atoms with van der Waals surface area (Å²) in [6, 6.07) is 11.0. The molecule has 0 bridgehead atoms. The van der Waals surface area contributed by atoms with Crippen LogP contribution in [-0.2, 0) is 11.2 Å². The Morgan fingerprint density at radius 2 is 2.21 bits per heavy atom. The SMILES string of the molecule is COc1cccc(CC(=O)Nc2cc(Br)ccn2)c1. The fourth-order valence-electron chi connectivity index (χ4n) is 1.63. The predicted octanol–water partition coefficient (Wildman–Crippen LogP) is 3.03. The molecule has 0 spiro atoms. The highest BCUT2D eigenvalue weighted by molar-refractivity contribution is 9.10. The Morgan fingerprint density at radius 1 is 1.37 bits per heavy atom. The largest absolute Gasteiger partial charge is 0.497 e. The van der Waals surface area contributed by atoms with E-state index in [4.69, 9.17) is 4.74 Å². The van der Waals surface area contributed by atoms with Crippen LogP contribution in [-0.4, -0.2) is 18.0 Å². The molecule has 4 nitrogen and oxygen atoms in total. The lowest BCUT2D eigenvalue weighted by Gasteiger charge is -2.06. The molecule has 2 rings (SSSR count). The summed E-state index contributed by atoms with van der Waals surface area (Å²) in [6.45, 7) is 0. The summed E-state index contributed by atoms with van der Waals surface area (Å²) in [4.78, 5) is 16.0. The lowest BCUT2D eigenvalue weighted by atomic mass is 10.1. The van der Waals surface area contributed by atoms with E-state index in [9.17, 15) is 4.79 Å². The molecular weight excluding hydrogens is 308 g/mol. The van der Waals surface area contributed by atoms with Crippen LogP contribution in [0.3, 0.4) is 0 Å². The Kier molecular flexibility index (Phi) is 4.52. The van der Waals surface area contributed by atoms with E-state index in [0.29, 0.717) is 5.82 Å². The molecule has 2 aromatic rings. The third-order valence-electron chi connectivity index (χ3n) is 2.49. The summed E-state index contributed by atoms with van der Waals surface area (Å²) < 4.78 is 5.99. The van der Waals surface area contributed by atoms with Crippen molar-refractivity contribution in [2.24, 2.45) is 0 Å². The van der Waals surface area contributed by atoms with Crippen molar-refractivity contribution in [3.8, 4) is 5.75 Å². The molecule has 0 unspecified atom stereocenters. The number of ether oxygens (including phenoxy) is 1. The van der Waals surface area contributed by atoms with Gasteiger partial charge in [-0.2, -0.15) is 0 Å². The Morgan fingerprint density at radius 3 is 2.95 bits per heavy atom.